The van der Waals surface area contributed by atoms with Gasteiger partial charge in [0, 0.05) is 14.9 Å². The maximum Gasteiger partial charge on any atom is 0.122 e. The van der Waals surface area contributed by atoms with Crippen molar-refractivity contribution in [1.82, 2.24) is 0 Å². The Labute approximate surface area is 70.9 Å². The molecule has 3 nitrogen and oxygen atoms in total. The Bertz CT molecular complexity index is 116. The number of aliphatic hydroxyl groups is 1. The first-order valence-electron chi connectivity index (χ1n) is 3.36. The Morgan fingerprint density at radius 3 is 2.91 bits per heavy atom. The summed E-state index contributed by atoms with van der Waals surface area (Å²) < 4.78 is 5.03. The summed E-state index contributed by atoms with van der Waals surface area (Å²) in [6, 6.07) is 0. The molecule has 11 heavy (non-hydrogen) atoms. The molecule has 1 N–H and O–H groups in total. The predicted molar refractivity (Wildman–Crippen MR) is 49.9 cm³/mol. The van der Waals surface area contributed by atoms with Crippen molar-refractivity contribution in [3.63, 3.8) is 0 Å². The molecule has 5 heteroatoms. The average molecular weight is 196 g/mol. The molecular weight excluding hydrogens is 182 g/mol. The lowest BCUT2D eigenvalue weighted by molar-refractivity contribution is -0.112. The zero-order valence-corrected chi connectivity index (χ0v) is 8.69. The van der Waals surface area contributed by atoms with E-state index in [4.69, 9.17) is 4.52 Å². The molecule has 0 radical (unpaired) electrons. The molecular formula is C6H14O3P2. The molecule has 3 unspecified atom stereocenters. The molecule has 0 aromatic carbocycles. The van der Waals surface area contributed by atoms with Gasteiger partial charge in [-0.05, 0) is 13.3 Å². The third-order valence-electron chi connectivity index (χ3n) is 1.35. The fourth-order valence-electron chi connectivity index (χ4n) is 0.611. The van der Waals surface area contributed by atoms with Gasteiger partial charge in [0.05, 0.1) is 12.2 Å². The number of carbonyl (C=O) groups is 1. The van der Waals surface area contributed by atoms with Crippen molar-refractivity contribution >= 4 is 23.7 Å². The molecule has 0 amide bonds. The summed E-state index contributed by atoms with van der Waals surface area (Å²) in [4.78, 5) is 10.0. The van der Waals surface area contributed by atoms with Crippen molar-refractivity contribution in [1.29, 1.82) is 0 Å². The lowest BCUT2D eigenvalue weighted by Gasteiger charge is -2.19. The van der Waals surface area contributed by atoms with Crippen molar-refractivity contribution in [2.45, 2.75) is 25.4 Å². The molecule has 3 atom stereocenters. The molecule has 0 spiro atoms. The second kappa shape index (κ2) is 6.02. The van der Waals surface area contributed by atoms with E-state index in [-0.39, 0.29) is 6.42 Å². The fraction of sp³-hybridized carbons (Fsp3) is 0.833. The first-order chi connectivity index (χ1) is 5.12. The van der Waals surface area contributed by atoms with Crippen molar-refractivity contribution < 1.29 is 14.4 Å². The van der Waals surface area contributed by atoms with Crippen LogP contribution in [0.5, 0.6) is 0 Å². The summed E-state index contributed by atoms with van der Waals surface area (Å²) in [5.41, 5.74) is -0.897. The smallest absolute Gasteiger partial charge is 0.122 e. The van der Waals surface area contributed by atoms with Gasteiger partial charge < -0.3 is 14.4 Å². The molecule has 0 fully saturated rings. The number of rotatable bonds is 6. The summed E-state index contributed by atoms with van der Waals surface area (Å²) in [6.07, 6.45) is 1.41. The molecule has 66 valence electrons. The van der Waals surface area contributed by atoms with Crippen LogP contribution in [-0.2, 0) is 9.32 Å². The van der Waals surface area contributed by atoms with E-state index in [2.05, 4.69) is 8.93 Å². The molecule has 0 aliphatic heterocycles. The van der Waals surface area contributed by atoms with Gasteiger partial charge in [-0.15, -0.1) is 0 Å². The van der Waals surface area contributed by atoms with Crippen LogP contribution in [0, 0.1) is 0 Å². The highest BCUT2D eigenvalue weighted by Gasteiger charge is 2.18. The molecule has 0 aliphatic rings. The second-order valence-electron chi connectivity index (χ2n) is 2.58. The first-order valence-corrected chi connectivity index (χ1v) is 6.07. The van der Waals surface area contributed by atoms with E-state index in [9.17, 15) is 9.90 Å². The van der Waals surface area contributed by atoms with Crippen LogP contribution in [0.25, 0.3) is 0 Å². The highest BCUT2D eigenvalue weighted by atomic mass is 32.0. The summed E-state index contributed by atoms with van der Waals surface area (Å²) in [7, 11) is 2.81. The van der Waals surface area contributed by atoms with E-state index in [0.717, 1.165) is 6.29 Å². The Morgan fingerprint density at radius 2 is 2.45 bits per heavy atom. The van der Waals surface area contributed by atoms with Crippen LogP contribution < -0.4 is 0 Å². The van der Waals surface area contributed by atoms with E-state index >= 15 is 0 Å². The third kappa shape index (κ3) is 6.83. The zero-order chi connectivity index (χ0) is 8.74. The van der Waals surface area contributed by atoms with Gasteiger partial charge in [0.15, 0.2) is 0 Å². The lowest BCUT2D eigenvalue weighted by atomic mass is 10.00. The number of hydrogen-bond acceptors (Lipinski definition) is 3. The van der Waals surface area contributed by atoms with Crippen LogP contribution in [0.4, 0.5) is 0 Å². The predicted octanol–water partition coefficient (Wildman–Crippen LogP) is 1.12. The fourth-order valence-corrected chi connectivity index (χ4v) is 1.18. The lowest BCUT2D eigenvalue weighted by Crippen LogP contribution is -2.25. The van der Waals surface area contributed by atoms with Gasteiger partial charge >= 0.3 is 0 Å². The minimum atomic E-state index is -0.897. The Hall–Kier alpha value is 0.450. The van der Waals surface area contributed by atoms with Gasteiger partial charge in [0.2, 0.25) is 0 Å². The van der Waals surface area contributed by atoms with Gasteiger partial charge in [-0.2, -0.15) is 0 Å². The van der Waals surface area contributed by atoms with Gasteiger partial charge in [-0.25, -0.2) is 0 Å². The van der Waals surface area contributed by atoms with Crippen LogP contribution in [-0.4, -0.2) is 23.6 Å². The second-order valence-corrected chi connectivity index (χ2v) is 3.82. The number of aldehydes is 1. The molecule has 0 saturated heterocycles. The monoisotopic (exact) mass is 196 g/mol. The summed E-state index contributed by atoms with van der Waals surface area (Å²) in [5, 5.41) is 9.43. The summed E-state index contributed by atoms with van der Waals surface area (Å²) in [5.74, 6) is 0. The Balaban J connectivity index is 3.45. The first kappa shape index (κ1) is 11.4. The quantitative estimate of drug-likeness (QED) is 0.393. The van der Waals surface area contributed by atoms with Gasteiger partial charge in [-0.3, -0.25) is 0 Å². The van der Waals surface area contributed by atoms with E-state index in [1.807, 2.05) is 0 Å². The molecule has 0 heterocycles. The minimum absolute atomic E-state index is 0.177. The van der Waals surface area contributed by atoms with Crippen molar-refractivity contribution in [2.24, 2.45) is 0 Å². The third-order valence-corrected chi connectivity index (χ3v) is 2.22. The topological polar surface area (TPSA) is 46.5 Å². The maximum atomic E-state index is 10.0. The van der Waals surface area contributed by atoms with E-state index in [0.29, 0.717) is 21.5 Å². The SMILES string of the molecule is CC(O)(CC=O)CCOPP. The summed E-state index contributed by atoms with van der Waals surface area (Å²) >= 11 is 0. The Kier molecular flexibility index (Phi) is 6.27. The number of hydrogen-bond donors (Lipinski definition) is 1. The minimum Gasteiger partial charge on any atom is -0.390 e. The molecule has 0 bridgehead atoms. The highest BCUT2D eigenvalue weighted by molar-refractivity contribution is 8.00. The van der Waals surface area contributed by atoms with Crippen molar-refractivity contribution in [3.8, 4) is 0 Å². The molecule has 0 aromatic rings. The largest absolute Gasteiger partial charge is 0.390 e. The van der Waals surface area contributed by atoms with E-state index in [1.165, 1.54) is 0 Å². The standard InChI is InChI=1S/C6H14O3P2/c1-6(8,2-4-7)3-5-9-11-10/h4,8,11H,2-3,5,10H2,1H3. The molecule has 0 saturated carbocycles. The maximum absolute atomic E-state index is 10.0. The zero-order valence-electron chi connectivity index (χ0n) is 6.54. The van der Waals surface area contributed by atoms with Crippen molar-refractivity contribution in [2.75, 3.05) is 6.61 Å². The van der Waals surface area contributed by atoms with Gasteiger partial charge in [0.25, 0.3) is 0 Å². The van der Waals surface area contributed by atoms with Crippen LogP contribution in [0.15, 0.2) is 0 Å². The van der Waals surface area contributed by atoms with Crippen LogP contribution in [0.2, 0.25) is 0 Å². The van der Waals surface area contributed by atoms with E-state index < -0.39 is 5.60 Å². The number of carbonyl (C=O) groups excluding carboxylic acids is 1. The molecule has 0 aliphatic carbocycles. The van der Waals surface area contributed by atoms with E-state index in [1.54, 1.807) is 6.92 Å². The summed E-state index contributed by atoms with van der Waals surface area (Å²) in [6.45, 7) is 2.14. The highest BCUT2D eigenvalue weighted by Crippen LogP contribution is 2.23. The van der Waals surface area contributed by atoms with Gasteiger partial charge in [0.1, 0.15) is 6.29 Å². The normalized spacial score (nSPS) is 17.0. The average Bonchev–Trinajstić information content (AvgIpc) is 1.87. The molecule has 0 rings (SSSR count). The van der Waals surface area contributed by atoms with Crippen LogP contribution in [0.1, 0.15) is 19.8 Å². The van der Waals surface area contributed by atoms with Gasteiger partial charge in [-0.1, -0.05) is 8.93 Å². The Morgan fingerprint density at radius 1 is 1.82 bits per heavy atom. The van der Waals surface area contributed by atoms with Crippen molar-refractivity contribution in [3.05, 3.63) is 0 Å². The molecule has 0 aromatic heterocycles. The van der Waals surface area contributed by atoms with Crippen LogP contribution in [0.3, 0.4) is 0 Å². The van der Waals surface area contributed by atoms with Crippen LogP contribution >= 0.6 is 17.4 Å².